The zero-order valence-corrected chi connectivity index (χ0v) is 18.3. The Hall–Kier alpha value is -1.64. The second kappa shape index (κ2) is 8.13. The van der Waals surface area contributed by atoms with Crippen LogP contribution in [-0.4, -0.2) is 91.9 Å². The van der Waals surface area contributed by atoms with Crippen molar-refractivity contribution in [1.82, 2.24) is 14.7 Å². The van der Waals surface area contributed by atoms with Crippen LogP contribution in [0.3, 0.4) is 0 Å². The van der Waals surface area contributed by atoms with Gasteiger partial charge in [-0.05, 0) is 36.5 Å². The van der Waals surface area contributed by atoms with Crippen molar-refractivity contribution in [2.45, 2.75) is 44.3 Å². The first-order valence-electron chi connectivity index (χ1n) is 11.2. The standard InChI is InChI=1S/C22H31N3O4S/c26-22(25(19-2-3-19)20-6-12-30(27,28)16-20)15-24-9-7-23(8-10-24)14-17-1-4-21-18(13-17)5-11-29-21/h1,4,13,19-20H,2-3,5-12,14-16H2. The minimum absolute atomic E-state index is 0.111. The molecule has 1 saturated carbocycles. The van der Waals surface area contributed by atoms with E-state index in [-0.39, 0.29) is 29.5 Å². The molecule has 0 aromatic heterocycles. The average Bonchev–Trinajstić information content (AvgIpc) is 3.31. The summed E-state index contributed by atoms with van der Waals surface area (Å²) in [6.07, 6.45) is 3.63. The van der Waals surface area contributed by atoms with E-state index in [0.29, 0.717) is 13.0 Å². The van der Waals surface area contributed by atoms with E-state index in [9.17, 15) is 13.2 Å². The molecule has 1 atom stereocenters. The fourth-order valence-electron chi connectivity index (χ4n) is 5.03. The lowest BCUT2D eigenvalue weighted by Crippen LogP contribution is -2.52. The first-order chi connectivity index (χ1) is 14.5. The van der Waals surface area contributed by atoms with E-state index < -0.39 is 9.84 Å². The third-order valence-electron chi connectivity index (χ3n) is 6.81. The van der Waals surface area contributed by atoms with Crippen molar-refractivity contribution in [2.75, 3.05) is 50.8 Å². The zero-order valence-electron chi connectivity index (χ0n) is 17.5. The van der Waals surface area contributed by atoms with Gasteiger partial charge in [0.25, 0.3) is 0 Å². The molecule has 3 aliphatic heterocycles. The fourth-order valence-corrected chi connectivity index (χ4v) is 6.74. The minimum atomic E-state index is -2.98. The lowest BCUT2D eigenvalue weighted by molar-refractivity contribution is -0.135. The number of piperazine rings is 1. The Labute approximate surface area is 178 Å². The van der Waals surface area contributed by atoms with E-state index >= 15 is 0 Å². The predicted octanol–water partition coefficient (Wildman–Crippen LogP) is 0.917. The summed E-state index contributed by atoms with van der Waals surface area (Å²) in [6.45, 7) is 5.78. The third-order valence-corrected chi connectivity index (χ3v) is 8.56. The summed E-state index contributed by atoms with van der Waals surface area (Å²) in [5.74, 6) is 1.51. The Bertz CT molecular complexity index is 907. The van der Waals surface area contributed by atoms with E-state index in [2.05, 4.69) is 28.0 Å². The van der Waals surface area contributed by atoms with Gasteiger partial charge in [0.15, 0.2) is 9.84 Å². The van der Waals surface area contributed by atoms with Gasteiger partial charge in [-0.1, -0.05) is 12.1 Å². The number of fused-ring (bicyclic) bond motifs is 1. The second-order valence-corrected chi connectivity index (χ2v) is 11.4. The van der Waals surface area contributed by atoms with E-state index in [1.165, 1.54) is 11.1 Å². The molecule has 4 aliphatic rings. The number of ether oxygens (including phenoxy) is 1. The molecule has 3 heterocycles. The molecule has 30 heavy (non-hydrogen) atoms. The van der Waals surface area contributed by atoms with E-state index in [4.69, 9.17) is 4.74 Å². The summed E-state index contributed by atoms with van der Waals surface area (Å²) < 4.78 is 29.4. The van der Waals surface area contributed by atoms with Crippen molar-refractivity contribution in [2.24, 2.45) is 0 Å². The fraction of sp³-hybridized carbons (Fsp3) is 0.682. The lowest BCUT2D eigenvalue weighted by Gasteiger charge is -2.36. The van der Waals surface area contributed by atoms with Crippen molar-refractivity contribution < 1.29 is 17.9 Å². The Morgan fingerprint density at radius 3 is 2.53 bits per heavy atom. The van der Waals surface area contributed by atoms with Crippen molar-refractivity contribution in [1.29, 1.82) is 0 Å². The van der Waals surface area contributed by atoms with Crippen LogP contribution in [0.25, 0.3) is 0 Å². The molecule has 0 spiro atoms. The molecule has 1 unspecified atom stereocenters. The van der Waals surface area contributed by atoms with Crippen molar-refractivity contribution in [3.63, 3.8) is 0 Å². The molecule has 3 fully saturated rings. The van der Waals surface area contributed by atoms with Gasteiger partial charge in [-0.25, -0.2) is 8.42 Å². The number of hydrogen-bond donors (Lipinski definition) is 0. The van der Waals surface area contributed by atoms with Crippen molar-refractivity contribution in [3.8, 4) is 5.75 Å². The summed E-state index contributed by atoms with van der Waals surface area (Å²) >= 11 is 0. The second-order valence-electron chi connectivity index (χ2n) is 9.18. The van der Waals surface area contributed by atoms with Gasteiger partial charge >= 0.3 is 0 Å². The Balaban J connectivity index is 1.13. The van der Waals surface area contributed by atoms with Gasteiger partial charge in [-0.15, -0.1) is 0 Å². The van der Waals surface area contributed by atoms with Crippen LogP contribution >= 0.6 is 0 Å². The molecule has 0 N–H and O–H groups in total. The number of rotatable bonds is 6. The maximum Gasteiger partial charge on any atom is 0.237 e. The van der Waals surface area contributed by atoms with Gasteiger partial charge in [-0.2, -0.15) is 0 Å². The smallest absolute Gasteiger partial charge is 0.237 e. The molecule has 8 heteroatoms. The van der Waals surface area contributed by atoms with E-state index in [1.807, 2.05) is 4.90 Å². The molecule has 0 radical (unpaired) electrons. The van der Waals surface area contributed by atoms with Gasteiger partial charge in [-0.3, -0.25) is 14.6 Å². The molecule has 0 bridgehead atoms. The number of benzene rings is 1. The summed E-state index contributed by atoms with van der Waals surface area (Å²) in [5, 5.41) is 0. The van der Waals surface area contributed by atoms with Crippen LogP contribution in [-0.2, 0) is 27.6 Å². The molecule has 7 nitrogen and oxygen atoms in total. The molecule has 1 aromatic carbocycles. The van der Waals surface area contributed by atoms with Crippen LogP contribution in [0.4, 0.5) is 0 Å². The van der Waals surface area contributed by atoms with E-state index in [1.54, 1.807) is 0 Å². The van der Waals surface area contributed by atoms with Crippen molar-refractivity contribution in [3.05, 3.63) is 29.3 Å². The number of nitrogens with zero attached hydrogens (tertiary/aromatic N) is 3. The average molecular weight is 434 g/mol. The highest BCUT2D eigenvalue weighted by Crippen LogP contribution is 2.32. The van der Waals surface area contributed by atoms with Gasteiger partial charge in [0, 0.05) is 51.2 Å². The number of hydrogen-bond acceptors (Lipinski definition) is 6. The molecule has 164 valence electrons. The van der Waals surface area contributed by atoms with Gasteiger partial charge < -0.3 is 9.64 Å². The predicted molar refractivity (Wildman–Crippen MR) is 114 cm³/mol. The molecule has 5 rings (SSSR count). The number of sulfone groups is 1. The summed E-state index contributed by atoms with van der Waals surface area (Å²) in [5.41, 5.74) is 2.64. The number of amides is 1. The van der Waals surface area contributed by atoms with Gasteiger partial charge in [0.2, 0.25) is 5.91 Å². The maximum absolute atomic E-state index is 13.0. The van der Waals surface area contributed by atoms with Crippen LogP contribution in [0.15, 0.2) is 18.2 Å². The number of carbonyl (C=O) groups excluding carboxylic acids is 1. The Morgan fingerprint density at radius 2 is 1.83 bits per heavy atom. The highest BCUT2D eigenvalue weighted by Gasteiger charge is 2.42. The Kier molecular flexibility index (Phi) is 5.49. The molecular weight excluding hydrogens is 402 g/mol. The van der Waals surface area contributed by atoms with Crippen LogP contribution in [0, 0.1) is 0 Å². The Morgan fingerprint density at radius 1 is 1.07 bits per heavy atom. The SMILES string of the molecule is O=C(CN1CCN(Cc2ccc3c(c2)CCO3)CC1)N(C1CC1)C1CCS(=O)(=O)C1. The quantitative estimate of drug-likeness (QED) is 0.665. The van der Waals surface area contributed by atoms with Crippen LogP contribution in [0.2, 0.25) is 0 Å². The highest BCUT2D eigenvalue weighted by molar-refractivity contribution is 7.91. The van der Waals surface area contributed by atoms with Gasteiger partial charge in [0.1, 0.15) is 5.75 Å². The normalized spacial score (nSPS) is 26.3. The van der Waals surface area contributed by atoms with Gasteiger partial charge in [0.05, 0.1) is 24.7 Å². The highest BCUT2D eigenvalue weighted by atomic mass is 32.2. The molecule has 2 saturated heterocycles. The third kappa shape index (κ3) is 4.50. The molecule has 1 amide bonds. The monoisotopic (exact) mass is 433 g/mol. The summed E-state index contributed by atoms with van der Waals surface area (Å²) in [4.78, 5) is 19.6. The number of carbonyl (C=O) groups is 1. The first kappa shape index (κ1) is 20.3. The van der Waals surface area contributed by atoms with Crippen LogP contribution in [0.1, 0.15) is 30.4 Å². The molecular formula is C22H31N3O4S. The van der Waals surface area contributed by atoms with Crippen molar-refractivity contribution >= 4 is 15.7 Å². The lowest BCUT2D eigenvalue weighted by atomic mass is 10.1. The maximum atomic E-state index is 13.0. The molecule has 1 aliphatic carbocycles. The van der Waals surface area contributed by atoms with Crippen LogP contribution in [0.5, 0.6) is 5.75 Å². The van der Waals surface area contributed by atoms with E-state index in [0.717, 1.165) is 64.3 Å². The zero-order chi connectivity index (χ0) is 20.7. The largest absolute Gasteiger partial charge is 0.493 e. The molecule has 1 aromatic rings. The van der Waals surface area contributed by atoms with Crippen LogP contribution < -0.4 is 4.74 Å². The topological polar surface area (TPSA) is 70.2 Å². The first-order valence-corrected chi connectivity index (χ1v) is 13.0. The summed E-state index contributed by atoms with van der Waals surface area (Å²) in [6, 6.07) is 6.66. The summed E-state index contributed by atoms with van der Waals surface area (Å²) in [7, 11) is -2.98. The minimum Gasteiger partial charge on any atom is -0.493 e.